The van der Waals surface area contributed by atoms with Gasteiger partial charge in [-0.2, -0.15) is 0 Å². The van der Waals surface area contributed by atoms with Crippen LogP contribution < -0.4 is 10.6 Å². The van der Waals surface area contributed by atoms with Crippen molar-refractivity contribution in [1.29, 1.82) is 0 Å². The van der Waals surface area contributed by atoms with Crippen molar-refractivity contribution in [3.05, 3.63) is 48.0 Å². The Kier molecular flexibility index (Phi) is 5.62. The lowest BCUT2D eigenvalue weighted by molar-refractivity contribution is -0.137. The largest absolute Gasteiger partial charge is 0.387 e. The Bertz CT molecular complexity index is 1050. The Morgan fingerprint density at radius 2 is 2.00 bits per heavy atom. The number of nitrogens with one attached hydrogen (secondary N) is 2. The molecule has 1 fully saturated rings. The highest BCUT2D eigenvalue weighted by molar-refractivity contribution is 5.83. The van der Waals surface area contributed by atoms with Crippen molar-refractivity contribution >= 4 is 22.9 Å². The quantitative estimate of drug-likeness (QED) is 0.460. The molecule has 4 atom stereocenters. The van der Waals surface area contributed by atoms with Gasteiger partial charge in [-0.3, -0.25) is 9.36 Å². The van der Waals surface area contributed by atoms with Gasteiger partial charge in [0.15, 0.2) is 29.3 Å². The molecule has 1 aliphatic heterocycles. The molecule has 0 radical (unpaired) electrons. The summed E-state index contributed by atoms with van der Waals surface area (Å²) in [5, 5.41) is 26.6. The van der Waals surface area contributed by atoms with Crippen LogP contribution in [0.1, 0.15) is 24.3 Å². The van der Waals surface area contributed by atoms with Crippen LogP contribution in [0.2, 0.25) is 0 Å². The number of nitrogens with zero attached hydrogens (tertiary/aromatic N) is 4. The highest BCUT2D eigenvalue weighted by Crippen LogP contribution is 2.32. The molecule has 3 aromatic rings. The molecule has 3 heterocycles. The molecule has 4 unspecified atom stereocenters. The van der Waals surface area contributed by atoms with Crippen molar-refractivity contribution in [1.82, 2.24) is 24.8 Å². The summed E-state index contributed by atoms with van der Waals surface area (Å²) in [6.45, 7) is 4.75. The molecule has 0 saturated carbocycles. The Morgan fingerprint density at radius 3 is 2.77 bits per heavy atom. The third-order valence-corrected chi connectivity index (χ3v) is 5.19. The maximum atomic E-state index is 12.1. The number of hydrogen-bond donors (Lipinski definition) is 4. The van der Waals surface area contributed by atoms with Crippen LogP contribution in [0.4, 0.5) is 5.82 Å². The normalized spacial score (nSPS) is 23.6. The number of carbonyl (C=O) groups is 1. The van der Waals surface area contributed by atoms with E-state index < -0.39 is 30.4 Å². The fourth-order valence-corrected chi connectivity index (χ4v) is 3.54. The van der Waals surface area contributed by atoms with Crippen LogP contribution in [-0.4, -0.2) is 60.5 Å². The number of aromatic nitrogens is 4. The topological polar surface area (TPSA) is 134 Å². The molecule has 1 saturated heterocycles. The molecule has 158 valence electrons. The standard InChI is InChI=1S/C20H24N6O4/c1-3-21-19(29)16-14(27)15(28)20(30-16)26-10-25-13-17(23-9-24-18(13)26)22-8-12-7-5-4-6-11(12)2/h4-7,9-10,14-16,20,27-28H,3,8H2,1-2H3,(H,21,29)(H,22,23,24). The summed E-state index contributed by atoms with van der Waals surface area (Å²) in [6.07, 6.45) is -2.01. The first kappa shape index (κ1) is 20.2. The first-order valence-electron chi connectivity index (χ1n) is 9.76. The van der Waals surface area contributed by atoms with Gasteiger partial charge in [-0.25, -0.2) is 15.0 Å². The van der Waals surface area contributed by atoms with Gasteiger partial charge in [-0.05, 0) is 25.0 Å². The molecule has 4 rings (SSSR count). The molecule has 4 N–H and O–H groups in total. The van der Waals surface area contributed by atoms with E-state index in [-0.39, 0.29) is 0 Å². The number of rotatable bonds is 6. The molecule has 0 spiro atoms. The second kappa shape index (κ2) is 8.34. The number of likely N-dealkylation sites (N-methyl/N-ethyl adjacent to an activating group) is 1. The number of amides is 1. The van der Waals surface area contributed by atoms with E-state index in [0.717, 1.165) is 11.1 Å². The second-order valence-electron chi connectivity index (χ2n) is 7.15. The van der Waals surface area contributed by atoms with Gasteiger partial charge in [0, 0.05) is 13.1 Å². The number of fused-ring (bicyclic) bond motifs is 1. The van der Waals surface area contributed by atoms with Gasteiger partial charge < -0.3 is 25.6 Å². The number of aliphatic hydroxyl groups is 2. The van der Waals surface area contributed by atoms with Crippen LogP contribution in [0, 0.1) is 6.92 Å². The minimum absolute atomic E-state index is 0.392. The number of benzene rings is 1. The Balaban J connectivity index is 1.59. The third kappa shape index (κ3) is 3.60. The first-order chi connectivity index (χ1) is 14.5. The van der Waals surface area contributed by atoms with Crippen LogP contribution >= 0.6 is 0 Å². The number of ether oxygens (including phenoxy) is 1. The van der Waals surface area contributed by atoms with Crippen molar-refractivity contribution < 1.29 is 19.7 Å². The average Bonchev–Trinajstić information content (AvgIpc) is 3.29. The predicted molar refractivity (Wildman–Crippen MR) is 108 cm³/mol. The van der Waals surface area contributed by atoms with Crippen molar-refractivity contribution in [3.8, 4) is 0 Å². The lowest BCUT2D eigenvalue weighted by Gasteiger charge is -2.16. The van der Waals surface area contributed by atoms with Crippen LogP contribution in [0.5, 0.6) is 0 Å². The summed E-state index contributed by atoms with van der Waals surface area (Å²) in [5.41, 5.74) is 3.21. The fraction of sp³-hybridized carbons (Fsp3) is 0.400. The Hall–Kier alpha value is -3.08. The molecule has 10 nitrogen and oxygen atoms in total. The zero-order valence-electron chi connectivity index (χ0n) is 16.7. The summed E-state index contributed by atoms with van der Waals surface area (Å²) >= 11 is 0. The molecule has 0 bridgehead atoms. The van der Waals surface area contributed by atoms with Gasteiger partial charge in [-0.1, -0.05) is 24.3 Å². The summed E-state index contributed by atoms with van der Waals surface area (Å²) in [5.74, 6) is 0.0569. The lowest BCUT2D eigenvalue weighted by Crippen LogP contribution is -2.42. The Morgan fingerprint density at radius 1 is 1.20 bits per heavy atom. The van der Waals surface area contributed by atoms with Gasteiger partial charge in [0.25, 0.3) is 5.91 Å². The monoisotopic (exact) mass is 412 g/mol. The summed E-state index contributed by atoms with van der Waals surface area (Å²) in [7, 11) is 0. The molecule has 2 aromatic heterocycles. The molecule has 30 heavy (non-hydrogen) atoms. The van der Waals surface area contributed by atoms with E-state index >= 15 is 0 Å². The fourth-order valence-electron chi connectivity index (χ4n) is 3.54. The van der Waals surface area contributed by atoms with Crippen molar-refractivity contribution in [2.75, 3.05) is 11.9 Å². The predicted octanol–water partition coefficient (Wildman–Crippen LogP) is 0.502. The maximum Gasteiger partial charge on any atom is 0.252 e. The summed E-state index contributed by atoms with van der Waals surface area (Å²) in [6, 6.07) is 8.03. The molecule has 1 amide bonds. The molecule has 1 aliphatic rings. The zero-order chi connectivity index (χ0) is 21.3. The third-order valence-electron chi connectivity index (χ3n) is 5.19. The Labute approximate surface area is 172 Å². The zero-order valence-corrected chi connectivity index (χ0v) is 16.7. The van der Waals surface area contributed by atoms with E-state index in [1.54, 1.807) is 6.92 Å². The second-order valence-corrected chi connectivity index (χ2v) is 7.15. The van der Waals surface area contributed by atoms with Crippen LogP contribution in [0.25, 0.3) is 11.2 Å². The van der Waals surface area contributed by atoms with E-state index in [4.69, 9.17) is 4.74 Å². The van der Waals surface area contributed by atoms with E-state index in [9.17, 15) is 15.0 Å². The number of hydrogen-bond acceptors (Lipinski definition) is 8. The van der Waals surface area contributed by atoms with Gasteiger partial charge in [0.1, 0.15) is 18.5 Å². The number of carbonyl (C=O) groups excluding carboxylic acids is 1. The number of anilines is 1. The minimum Gasteiger partial charge on any atom is -0.387 e. The molecule has 1 aromatic carbocycles. The molecule has 10 heteroatoms. The molecular formula is C20H24N6O4. The first-order valence-corrected chi connectivity index (χ1v) is 9.76. The molecule has 0 aliphatic carbocycles. The smallest absolute Gasteiger partial charge is 0.252 e. The van der Waals surface area contributed by atoms with Crippen molar-refractivity contribution in [2.24, 2.45) is 0 Å². The highest BCUT2D eigenvalue weighted by Gasteiger charge is 2.47. The van der Waals surface area contributed by atoms with Crippen LogP contribution in [-0.2, 0) is 16.1 Å². The molecular weight excluding hydrogens is 388 g/mol. The number of imidazole rings is 1. The summed E-state index contributed by atoms with van der Waals surface area (Å²) in [4.78, 5) is 25.0. The number of aliphatic hydroxyl groups excluding tert-OH is 2. The van der Waals surface area contributed by atoms with Crippen molar-refractivity contribution in [3.63, 3.8) is 0 Å². The van der Waals surface area contributed by atoms with Gasteiger partial charge >= 0.3 is 0 Å². The van der Waals surface area contributed by atoms with E-state index in [2.05, 4.69) is 25.6 Å². The van der Waals surface area contributed by atoms with E-state index in [0.29, 0.717) is 30.1 Å². The lowest BCUT2D eigenvalue weighted by atomic mass is 10.1. The van der Waals surface area contributed by atoms with Gasteiger partial charge in [0.05, 0.1) is 6.33 Å². The average molecular weight is 412 g/mol. The van der Waals surface area contributed by atoms with Gasteiger partial charge in [0.2, 0.25) is 0 Å². The SMILES string of the molecule is CCNC(=O)C1OC(n2cnc3c(NCc4ccccc4C)ncnc32)C(O)C1O. The van der Waals surface area contributed by atoms with Crippen LogP contribution in [0.3, 0.4) is 0 Å². The van der Waals surface area contributed by atoms with E-state index in [1.165, 1.54) is 17.2 Å². The minimum atomic E-state index is -1.36. The van der Waals surface area contributed by atoms with Gasteiger partial charge in [-0.15, -0.1) is 0 Å². The number of aryl methyl sites for hydroxylation is 1. The van der Waals surface area contributed by atoms with Crippen molar-refractivity contribution in [2.45, 2.75) is 44.9 Å². The van der Waals surface area contributed by atoms with E-state index in [1.807, 2.05) is 31.2 Å². The highest BCUT2D eigenvalue weighted by atomic mass is 16.6. The summed E-state index contributed by atoms with van der Waals surface area (Å²) < 4.78 is 7.17. The maximum absolute atomic E-state index is 12.1. The van der Waals surface area contributed by atoms with Crippen LogP contribution in [0.15, 0.2) is 36.9 Å².